The first-order valence-corrected chi connectivity index (χ1v) is 13.5. The van der Waals surface area contributed by atoms with E-state index in [9.17, 15) is 28.1 Å². The molecule has 0 unspecified atom stereocenters. The number of benzene rings is 3. The van der Waals surface area contributed by atoms with Crippen LogP contribution in [0.5, 0.6) is 11.5 Å². The van der Waals surface area contributed by atoms with Crippen LogP contribution in [0.25, 0.3) is 10.2 Å². The average molecular weight is 571 g/mol. The number of non-ortho nitro benzene ring substituents is 1. The van der Waals surface area contributed by atoms with Gasteiger partial charge in [-0.1, -0.05) is 23.5 Å². The summed E-state index contributed by atoms with van der Waals surface area (Å²) < 4.78 is 44.8. The molecule has 1 aliphatic heterocycles. The quantitative estimate of drug-likeness (QED) is 0.181. The number of thiazole rings is 1. The number of rotatable bonds is 8. The third kappa shape index (κ3) is 5.73. The number of fused-ring (bicyclic) bond motifs is 2. The first-order valence-electron chi connectivity index (χ1n) is 11.2. The van der Waals surface area contributed by atoms with Crippen LogP contribution in [-0.4, -0.2) is 50.0 Å². The van der Waals surface area contributed by atoms with Crippen LogP contribution in [0.15, 0.2) is 65.6 Å². The second kappa shape index (κ2) is 10.5. The summed E-state index contributed by atoms with van der Waals surface area (Å²) in [6.45, 7) is -0.0396. The summed E-state index contributed by atoms with van der Waals surface area (Å²) in [4.78, 5) is 39.6. The minimum atomic E-state index is -4.12. The smallest absolute Gasteiger partial charge is 0.340 e. The molecule has 0 radical (unpaired) electrons. The number of carbonyl (C=O) groups excluding carboxylic acids is 2. The zero-order chi connectivity index (χ0) is 27.6. The lowest BCUT2D eigenvalue weighted by Crippen LogP contribution is -2.22. The van der Waals surface area contributed by atoms with E-state index in [0.29, 0.717) is 22.6 Å². The molecule has 2 heterocycles. The molecule has 1 aromatic heterocycles. The predicted molar refractivity (Wildman–Crippen MR) is 140 cm³/mol. The van der Waals surface area contributed by atoms with E-state index in [0.717, 1.165) is 11.3 Å². The van der Waals surface area contributed by atoms with E-state index in [1.54, 1.807) is 0 Å². The van der Waals surface area contributed by atoms with Crippen molar-refractivity contribution in [1.29, 1.82) is 0 Å². The molecular weight excluding hydrogens is 552 g/mol. The predicted octanol–water partition coefficient (Wildman–Crippen LogP) is 3.57. The molecule has 2 N–H and O–H groups in total. The van der Waals surface area contributed by atoms with Gasteiger partial charge in [0, 0.05) is 18.2 Å². The molecule has 5 rings (SSSR count). The highest BCUT2D eigenvalue weighted by atomic mass is 32.2. The molecule has 200 valence electrons. The molecule has 0 spiro atoms. The summed E-state index contributed by atoms with van der Waals surface area (Å²) in [6, 6.07) is 14.0. The van der Waals surface area contributed by atoms with Crippen molar-refractivity contribution in [3.8, 4) is 11.5 Å². The van der Waals surface area contributed by atoms with Gasteiger partial charge in [0.15, 0.2) is 23.2 Å². The highest BCUT2D eigenvalue weighted by Gasteiger charge is 2.23. The van der Waals surface area contributed by atoms with Crippen LogP contribution in [0.4, 0.5) is 16.5 Å². The molecular formula is C24H18N4O9S2. The van der Waals surface area contributed by atoms with Crippen molar-refractivity contribution in [2.45, 2.75) is 4.90 Å². The van der Waals surface area contributed by atoms with Gasteiger partial charge in [0.25, 0.3) is 21.6 Å². The molecule has 4 aromatic rings. The highest BCUT2D eigenvalue weighted by molar-refractivity contribution is 7.92. The standard InChI is InChI=1S/C24H18N4O9S2/c29-22(26-24-25-18-7-5-14(28(31)32)11-21(18)38-24)13-37-23(30)16-3-1-2-4-17(16)27-39(33,34)15-6-8-19-20(12-15)36-10-9-35-19/h1-8,11-12,27H,9-10,13H2,(H,25,26,29). The molecule has 0 atom stereocenters. The molecule has 39 heavy (non-hydrogen) atoms. The summed E-state index contributed by atoms with van der Waals surface area (Å²) in [5.41, 5.74) is 0.183. The van der Waals surface area contributed by atoms with Gasteiger partial charge in [-0.15, -0.1) is 0 Å². The largest absolute Gasteiger partial charge is 0.486 e. The second-order valence-electron chi connectivity index (χ2n) is 8.01. The number of amides is 1. The maximum absolute atomic E-state index is 13.0. The lowest BCUT2D eigenvalue weighted by atomic mass is 10.2. The van der Waals surface area contributed by atoms with Gasteiger partial charge in [-0.05, 0) is 30.3 Å². The Morgan fingerprint density at radius 1 is 1.05 bits per heavy atom. The van der Waals surface area contributed by atoms with E-state index in [2.05, 4.69) is 15.0 Å². The second-order valence-corrected chi connectivity index (χ2v) is 10.7. The number of hydrogen-bond donors (Lipinski definition) is 2. The van der Waals surface area contributed by atoms with Crippen LogP contribution in [0.1, 0.15) is 10.4 Å². The SMILES string of the molecule is O=C(COC(=O)c1ccccc1NS(=O)(=O)c1ccc2c(c1)OCCO2)Nc1nc2ccc([N+](=O)[O-])cc2s1. The van der Waals surface area contributed by atoms with Crippen molar-refractivity contribution >= 4 is 60.0 Å². The van der Waals surface area contributed by atoms with Gasteiger partial charge >= 0.3 is 5.97 Å². The van der Waals surface area contributed by atoms with E-state index >= 15 is 0 Å². The van der Waals surface area contributed by atoms with Crippen molar-refractivity contribution in [2.75, 3.05) is 29.9 Å². The number of nitrogens with zero attached hydrogens (tertiary/aromatic N) is 2. The van der Waals surface area contributed by atoms with Crippen molar-refractivity contribution in [3.05, 3.63) is 76.3 Å². The summed E-state index contributed by atoms with van der Waals surface area (Å²) in [7, 11) is -4.12. The lowest BCUT2D eigenvalue weighted by Gasteiger charge is -2.19. The first-order chi connectivity index (χ1) is 18.7. The molecule has 13 nitrogen and oxygen atoms in total. The van der Waals surface area contributed by atoms with Gasteiger partial charge in [-0.25, -0.2) is 18.2 Å². The zero-order valence-electron chi connectivity index (χ0n) is 19.8. The lowest BCUT2D eigenvalue weighted by molar-refractivity contribution is -0.384. The summed E-state index contributed by atoms with van der Waals surface area (Å²) in [5.74, 6) is -0.930. The Balaban J connectivity index is 1.24. The van der Waals surface area contributed by atoms with Gasteiger partial charge in [0.2, 0.25) is 0 Å². The van der Waals surface area contributed by atoms with Gasteiger partial charge in [0.1, 0.15) is 13.2 Å². The van der Waals surface area contributed by atoms with Gasteiger partial charge in [0.05, 0.1) is 31.3 Å². The number of para-hydroxylation sites is 1. The van der Waals surface area contributed by atoms with Crippen molar-refractivity contribution < 1.29 is 37.1 Å². The molecule has 3 aromatic carbocycles. The van der Waals surface area contributed by atoms with Crippen LogP contribution in [0.2, 0.25) is 0 Å². The number of nitro groups is 1. The fraction of sp³-hybridized carbons (Fsp3) is 0.125. The summed E-state index contributed by atoms with van der Waals surface area (Å²) >= 11 is 1.02. The van der Waals surface area contributed by atoms with E-state index < -0.39 is 33.4 Å². The molecule has 0 fully saturated rings. The molecule has 0 bridgehead atoms. The molecule has 1 amide bonds. The Labute approximate surface area is 224 Å². The maximum Gasteiger partial charge on any atom is 0.340 e. The number of sulfonamides is 1. The number of nitrogens with one attached hydrogen (secondary N) is 2. The molecule has 0 saturated carbocycles. The monoisotopic (exact) mass is 570 g/mol. The fourth-order valence-electron chi connectivity index (χ4n) is 3.59. The Morgan fingerprint density at radius 3 is 2.62 bits per heavy atom. The number of nitro benzene ring substituents is 1. The minimum absolute atomic E-state index is 0.0504. The number of anilines is 2. The Kier molecular flexibility index (Phi) is 7.00. The van der Waals surface area contributed by atoms with Gasteiger partial charge in [-0.3, -0.25) is 24.9 Å². The molecule has 15 heteroatoms. The van der Waals surface area contributed by atoms with Crippen LogP contribution >= 0.6 is 11.3 Å². The normalized spacial score (nSPS) is 12.5. The maximum atomic E-state index is 13.0. The first kappa shape index (κ1) is 25.9. The van der Waals surface area contributed by atoms with E-state index in [-0.39, 0.29) is 39.3 Å². The van der Waals surface area contributed by atoms with E-state index in [1.807, 2.05) is 0 Å². The van der Waals surface area contributed by atoms with Crippen LogP contribution in [-0.2, 0) is 19.6 Å². The van der Waals surface area contributed by atoms with E-state index in [1.165, 1.54) is 60.7 Å². The highest BCUT2D eigenvalue weighted by Crippen LogP contribution is 2.33. The number of carbonyl (C=O) groups is 2. The Bertz CT molecular complexity index is 1720. The summed E-state index contributed by atoms with van der Waals surface area (Å²) in [6.07, 6.45) is 0. The van der Waals surface area contributed by atoms with Crippen LogP contribution < -0.4 is 19.5 Å². The Hall–Kier alpha value is -4.76. The van der Waals surface area contributed by atoms with E-state index in [4.69, 9.17) is 14.2 Å². The minimum Gasteiger partial charge on any atom is -0.486 e. The van der Waals surface area contributed by atoms with Crippen molar-refractivity contribution in [3.63, 3.8) is 0 Å². The topological polar surface area (TPSA) is 176 Å². The van der Waals surface area contributed by atoms with Gasteiger partial charge in [-0.2, -0.15) is 0 Å². The molecule has 1 aliphatic rings. The van der Waals surface area contributed by atoms with Crippen LogP contribution in [0, 0.1) is 10.1 Å². The third-order valence-electron chi connectivity index (χ3n) is 5.38. The number of aromatic nitrogens is 1. The Morgan fingerprint density at radius 2 is 1.82 bits per heavy atom. The zero-order valence-corrected chi connectivity index (χ0v) is 21.4. The summed E-state index contributed by atoms with van der Waals surface area (Å²) in [5, 5.41) is 13.6. The van der Waals surface area contributed by atoms with Crippen molar-refractivity contribution in [2.24, 2.45) is 0 Å². The fourth-order valence-corrected chi connectivity index (χ4v) is 5.60. The molecule has 0 saturated heterocycles. The molecule has 0 aliphatic carbocycles. The number of hydrogen-bond acceptors (Lipinski definition) is 11. The number of esters is 1. The van der Waals surface area contributed by atoms with Crippen molar-refractivity contribution in [1.82, 2.24) is 4.98 Å². The van der Waals surface area contributed by atoms with Gasteiger partial charge < -0.3 is 14.2 Å². The average Bonchev–Trinajstić information content (AvgIpc) is 3.33. The van der Waals surface area contributed by atoms with Crippen LogP contribution in [0.3, 0.4) is 0 Å². The third-order valence-corrected chi connectivity index (χ3v) is 7.68. The number of ether oxygens (including phenoxy) is 3.